The second-order valence-corrected chi connectivity index (χ2v) is 7.49. The molecule has 2 saturated heterocycles. The number of nitrogens with one attached hydrogen (secondary N) is 1. The van der Waals surface area contributed by atoms with Gasteiger partial charge in [0.25, 0.3) is 5.91 Å². The van der Waals surface area contributed by atoms with E-state index in [0.29, 0.717) is 28.2 Å². The van der Waals surface area contributed by atoms with Crippen molar-refractivity contribution in [1.82, 2.24) is 10.2 Å². The summed E-state index contributed by atoms with van der Waals surface area (Å²) in [6.45, 7) is 3.72. The molecule has 1 N–H and O–H groups in total. The second-order valence-electron chi connectivity index (χ2n) is 7.05. The molecule has 4 rings (SSSR count). The number of likely N-dealkylation sites (tertiary alicyclic amines) is 1. The molecule has 0 radical (unpaired) electrons. The number of rotatable bonds is 3. The van der Waals surface area contributed by atoms with Crippen LogP contribution in [0.15, 0.2) is 18.2 Å². The number of hydrogen-bond donors (Lipinski definition) is 1. The summed E-state index contributed by atoms with van der Waals surface area (Å²) in [4.78, 5) is 15.0. The Balaban J connectivity index is 1.54. The lowest BCUT2D eigenvalue weighted by Gasteiger charge is -2.21. The van der Waals surface area contributed by atoms with Gasteiger partial charge in [-0.15, -0.1) is 0 Å². The van der Waals surface area contributed by atoms with Crippen LogP contribution >= 0.6 is 11.6 Å². The maximum absolute atomic E-state index is 13.0. The van der Waals surface area contributed by atoms with E-state index in [1.807, 2.05) is 17.0 Å². The topological polar surface area (TPSA) is 41.6 Å². The number of hydrogen-bond acceptors (Lipinski definition) is 3. The molecule has 0 spiro atoms. The first-order valence-corrected chi connectivity index (χ1v) is 9.04. The Bertz CT molecular complexity index is 589. The number of carbonyl (C=O) groups excluding carboxylic acids is 1. The van der Waals surface area contributed by atoms with E-state index in [1.165, 1.54) is 12.8 Å². The third-order valence-corrected chi connectivity index (χ3v) is 5.68. The Labute approximate surface area is 142 Å². The maximum atomic E-state index is 13.0. The standard InChI is InChI=1S/C18H23ClN2O2/c19-14-5-6-17(23-15-3-1-2-4-15)16(7-14)18(22)21-10-12-8-20-9-13(12)11-21/h5-7,12-13,15,20H,1-4,8-11H2/t12-,13+. The van der Waals surface area contributed by atoms with Gasteiger partial charge in [-0.1, -0.05) is 11.6 Å². The van der Waals surface area contributed by atoms with Gasteiger partial charge in [-0.05, 0) is 55.7 Å². The third kappa shape index (κ3) is 3.07. The van der Waals surface area contributed by atoms with Crippen LogP contribution in [-0.4, -0.2) is 43.1 Å². The molecule has 1 aromatic rings. The minimum atomic E-state index is 0.0647. The van der Waals surface area contributed by atoms with Crippen LogP contribution in [0.5, 0.6) is 5.75 Å². The summed E-state index contributed by atoms with van der Waals surface area (Å²) in [5.74, 6) is 1.95. The quantitative estimate of drug-likeness (QED) is 0.924. The number of halogens is 1. The first kappa shape index (κ1) is 15.3. The van der Waals surface area contributed by atoms with E-state index in [0.717, 1.165) is 39.0 Å². The summed E-state index contributed by atoms with van der Waals surface area (Å²) in [7, 11) is 0. The zero-order valence-corrected chi connectivity index (χ0v) is 14.0. The smallest absolute Gasteiger partial charge is 0.257 e. The van der Waals surface area contributed by atoms with Crippen molar-refractivity contribution < 1.29 is 9.53 Å². The Morgan fingerprint density at radius 2 is 1.87 bits per heavy atom. The average molecular weight is 335 g/mol. The molecule has 3 aliphatic rings. The summed E-state index contributed by atoms with van der Waals surface area (Å²) in [6.07, 6.45) is 4.82. The Hall–Kier alpha value is -1.26. The predicted octanol–water partition coefficient (Wildman–Crippen LogP) is 2.95. The number of amides is 1. The molecule has 1 saturated carbocycles. The van der Waals surface area contributed by atoms with Crippen LogP contribution in [0, 0.1) is 11.8 Å². The van der Waals surface area contributed by atoms with Gasteiger partial charge < -0.3 is 15.0 Å². The molecule has 5 heteroatoms. The van der Waals surface area contributed by atoms with Crippen molar-refractivity contribution in [3.63, 3.8) is 0 Å². The van der Waals surface area contributed by atoms with Crippen molar-refractivity contribution in [1.29, 1.82) is 0 Å². The molecule has 2 heterocycles. The average Bonchev–Trinajstić information content (AvgIpc) is 3.24. The number of fused-ring (bicyclic) bond motifs is 1. The van der Waals surface area contributed by atoms with Crippen molar-refractivity contribution >= 4 is 17.5 Å². The lowest BCUT2D eigenvalue weighted by atomic mass is 10.0. The van der Waals surface area contributed by atoms with Crippen LogP contribution in [0.3, 0.4) is 0 Å². The zero-order valence-electron chi connectivity index (χ0n) is 13.3. The molecule has 3 fully saturated rings. The molecule has 1 aromatic carbocycles. The molecule has 0 unspecified atom stereocenters. The molecule has 23 heavy (non-hydrogen) atoms. The van der Waals surface area contributed by atoms with E-state index in [2.05, 4.69) is 5.32 Å². The highest BCUT2D eigenvalue weighted by Gasteiger charge is 2.39. The van der Waals surface area contributed by atoms with Crippen molar-refractivity contribution in [2.24, 2.45) is 11.8 Å². The van der Waals surface area contributed by atoms with Crippen LogP contribution in [0.2, 0.25) is 5.02 Å². The molecular formula is C18H23ClN2O2. The van der Waals surface area contributed by atoms with Crippen LogP contribution in [-0.2, 0) is 0 Å². The summed E-state index contributed by atoms with van der Waals surface area (Å²) >= 11 is 6.14. The fourth-order valence-electron chi connectivity index (χ4n) is 4.15. The fourth-order valence-corrected chi connectivity index (χ4v) is 4.32. The van der Waals surface area contributed by atoms with Crippen molar-refractivity contribution in [3.8, 4) is 5.75 Å². The van der Waals surface area contributed by atoms with Gasteiger partial charge in [-0.3, -0.25) is 4.79 Å². The molecule has 124 valence electrons. The van der Waals surface area contributed by atoms with Gasteiger partial charge in [0.2, 0.25) is 0 Å². The molecule has 0 aromatic heterocycles. The molecule has 2 aliphatic heterocycles. The molecule has 0 bridgehead atoms. The Morgan fingerprint density at radius 1 is 1.17 bits per heavy atom. The third-order valence-electron chi connectivity index (χ3n) is 5.44. The highest BCUT2D eigenvalue weighted by molar-refractivity contribution is 6.31. The van der Waals surface area contributed by atoms with Gasteiger partial charge in [0, 0.05) is 31.2 Å². The van der Waals surface area contributed by atoms with E-state index in [4.69, 9.17) is 16.3 Å². The second kappa shape index (κ2) is 6.33. The molecule has 2 atom stereocenters. The van der Waals surface area contributed by atoms with Crippen LogP contribution in [0.4, 0.5) is 0 Å². The normalized spacial score (nSPS) is 27.4. The number of carbonyl (C=O) groups is 1. The van der Waals surface area contributed by atoms with E-state index < -0.39 is 0 Å². The van der Waals surface area contributed by atoms with Crippen molar-refractivity contribution in [2.75, 3.05) is 26.2 Å². The lowest BCUT2D eigenvalue weighted by molar-refractivity contribution is 0.0774. The Morgan fingerprint density at radius 3 is 2.57 bits per heavy atom. The fraction of sp³-hybridized carbons (Fsp3) is 0.611. The molecule has 1 amide bonds. The van der Waals surface area contributed by atoms with Gasteiger partial charge in [-0.2, -0.15) is 0 Å². The summed E-state index contributed by atoms with van der Waals surface area (Å²) in [5.41, 5.74) is 0.623. The SMILES string of the molecule is O=C(c1cc(Cl)ccc1OC1CCCC1)N1C[C@H]2CNC[C@H]2C1. The van der Waals surface area contributed by atoms with Crippen LogP contribution in [0.1, 0.15) is 36.0 Å². The van der Waals surface area contributed by atoms with Crippen LogP contribution in [0.25, 0.3) is 0 Å². The van der Waals surface area contributed by atoms with E-state index in [9.17, 15) is 4.79 Å². The van der Waals surface area contributed by atoms with Crippen LogP contribution < -0.4 is 10.1 Å². The zero-order chi connectivity index (χ0) is 15.8. The molecule has 4 nitrogen and oxygen atoms in total. The number of benzene rings is 1. The lowest BCUT2D eigenvalue weighted by Crippen LogP contribution is -2.32. The van der Waals surface area contributed by atoms with Crippen molar-refractivity contribution in [3.05, 3.63) is 28.8 Å². The largest absolute Gasteiger partial charge is 0.490 e. The molecular weight excluding hydrogens is 312 g/mol. The summed E-state index contributed by atoms with van der Waals surface area (Å²) in [6, 6.07) is 5.43. The summed E-state index contributed by atoms with van der Waals surface area (Å²) in [5, 5.41) is 4.00. The number of ether oxygens (including phenoxy) is 1. The van der Waals surface area contributed by atoms with Gasteiger partial charge >= 0.3 is 0 Å². The van der Waals surface area contributed by atoms with Gasteiger partial charge in [-0.25, -0.2) is 0 Å². The van der Waals surface area contributed by atoms with Gasteiger partial charge in [0.05, 0.1) is 11.7 Å². The molecule has 1 aliphatic carbocycles. The predicted molar refractivity (Wildman–Crippen MR) is 90.1 cm³/mol. The van der Waals surface area contributed by atoms with E-state index in [1.54, 1.807) is 6.07 Å². The highest BCUT2D eigenvalue weighted by Crippen LogP contribution is 2.32. The van der Waals surface area contributed by atoms with E-state index in [-0.39, 0.29) is 12.0 Å². The highest BCUT2D eigenvalue weighted by atomic mass is 35.5. The minimum absolute atomic E-state index is 0.0647. The van der Waals surface area contributed by atoms with E-state index >= 15 is 0 Å². The van der Waals surface area contributed by atoms with Crippen molar-refractivity contribution in [2.45, 2.75) is 31.8 Å². The first-order valence-electron chi connectivity index (χ1n) is 8.67. The number of nitrogens with zero attached hydrogens (tertiary/aromatic N) is 1. The summed E-state index contributed by atoms with van der Waals surface area (Å²) < 4.78 is 6.12. The van der Waals surface area contributed by atoms with Gasteiger partial charge in [0.15, 0.2) is 0 Å². The van der Waals surface area contributed by atoms with Gasteiger partial charge in [0.1, 0.15) is 5.75 Å². The minimum Gasteiger partial charge on any atom is -0.490 e. The first-order chi connectivity index (χ1) is 11.2. The monoisotopic (exact) mass is 334 g/mol. The maximum Gasteiger partial charge on any atom is 0.257 e. The Kier molecular flexibility index (Phi) is 4.20.